The number of nitrogens with one attached hydrogen (secondary N) is 2. The summed E-state index contributed by atoms with van der Waals surface area (Å²) in [4.78, 5) is 23.8. The molecule has 2 rings (SSSR count). The second-order valence-electron chi connectivity index (χ2n) is 6.18. The molecular formula is C20H21BrClN3O3. The van der Waals surface area contributed by atoms with Crippen LogP contribution in [0.1, 0.15) is 24.5 Å². The second-order valence-corrected chi connectivity index (χ2v) is 7.48. The predicted molar refractivity (Wildman–Crippen MR) is 114 cm³/mol. The zero-order chi connectivity index (χ0) is 20.5. The summed E-state index contributed by atoms with van der Waals surface area (Å²) in [5.74, 6) is -0.0262. The first kappa shape index (κ1) is 21.9. The molecular weight excluding hydrogens is 446 g/mol. The maximum atomic E-state index is 12.0. The summed E-state index contributed by atoms with van der Waals surface area (Å²) in [6.45, 7) is 3.85. The number of rotatable bonds is 8. The van der Waals surface area contributed by atoms with Crippen molar-refractivity contribution in [2.24, 2.45) is 5.10 Å². The molecule has 0 radical (unpaired) electrons. The van der Waals surface area contributed by atoms with E-state index in [9.17, 15) is 9.59 Å². The normalized spacial score (nSPS) is 11.1. The van der Waals surface area contributed by atoms with Gasteiger partial charge in [-0.1, -0.05) is 29.8 Å². The lowest BCUT2D eigenvalue weighted by molar-refractivity contribution is -0.123. The fraction of sp³-hybridized carbons (Fsp3) is 0.250. The number of aryl methyl sites for hydroxylation is 1. The van der Waals surface area contributed by atoms with Gasteiger partial charge in [0.05, 0.1) is 10.9 Å². The van der Waals surface area contributed by atoms with Gasteiger partial charge in [-0.25, -0.2) is 5.43 Å². The number of ether oxygens (including phenoxy) is 1. The first-order chi connectivity index (χ1) is 13.3. The Balaban J connectivity index is 1.72. The van der Waals surface area contributed by atoms with Gasteiger partial charge in [0.1, 0.15) is 5.75 Å². The minimum atomic E-state index is -0.409. The summed E-state index contributed by atoms with van der Waals surface area (Å²) in [5.41, 5.74) is 4.89. The molecule has 0 aliphatic rings. The van der Waals surface area contributed by atoms with Crippen LogP contribution in [0.2, 0.25) is 5.02 Å². The lowest BCUT2D eigenvalue weighted by Gasteiger charge is -2.08. The number of halogens is 2. The Labute approximate surface area is 177 Å². The Morgan fingerprint density at radius 3 is 2.54 bits per heavy atom. The molecule has 148 valence electrons. The quantitative estimate of drug-likeness (QED) is 0.456. The molecule has 0 saturated heterocycles. The van der Waals surface area contributed by atoms with E-state index < -0.39 is 5.91 Å². The fourth-order valence-corrected chi connectivity index (χ4v) is 2.93. The first-order valence-corrected chi connectivity index (χ1v) is 9.72. The van der Waals surface area contributed by atoms with Crippen LogP contribution in [0.15, 0.2) is 52.0 Å². The minimum absolute atomic E-state index is 0.0816. The van der Waals surface area contributed by atoms with Crippen molar-refractivity contribution in [3.05, 3.63) is 63.1 Å². The van der Waals surface area contributed by atoms with Crippen LogP contribution in [-0.2, 0) is 16.1 Å². The van der Waals surface area contributed by atoms with E-state index in [2.05, 4.69) is 31.8 Å². The fourth-order valence-electron chi connectivity index (χ4n) is 2.19. The number of carbonyl (C=O) groups excluding carboxylic acids is 2. The number of hydrogen-bond acceptors (Lipinski definition) is 4. The Kier molecular flexibility index (Phi) is 8.47. The van der Waals surface area contributed by atoms with E-state index in [1.165, 1.54) is 0 Å². The summed E-state index contributed by atoms with van der Waals surface area (Å²) >= 11 is 9.21. The Morgan fingerprint density at radius 1 is 1.14 bits per heavy atom. The van der Waals surface area contributed by atoms with Crippen LogP contribution in [0.4, 0.5) is 0 Å². The van der Waals surface area contributed by atoms with Crippen molar-refractivity contribution >= 4 is 45.1 Å². The number of hydrogen-bond donors (Lipinski definition) is 2. The van der Waals surface area contributed by atoms with Gasteiger partial charge in [-0.15, -0.1) is 0 Å². The highest BCUT2D eigenvalue weighted by atomic mass is 79.9. The van der Waals surface area contributed by atoms with E-state index in [0.717, 1.165) is 15.6 Å². The molecule has 0 bridgehead atoms. The van der Waals surface area contributed by atoms with Crippen LogP contribution in [0.25, 0.3) is 0 Å². The molecule has 6 nitrogen and oxygen atoms in total. The lowest BCUT2D eigenvalue weighted by atomic mass is 10.2. The van der Waals surface area contributed by atoms with E-state index in [1.807, 2.05) is 31.2 Å². The zero-order valence-corrected chi connectivity index (χ0v) is 17.9. The van der Waals surface area contributed by atoms with Crippen molar-refractivity contribution in [1.29, 1.82) is 0 Å². The van der Waals surface area contributed by atoms with Crippen LogP contribution >= 0.6 is 27.5 Å². The van der Waals surface area contributed by atoms with Gasteiger partial charge in [0.15, 0.2) is 6.61 Å². The molecule has 0 aliphatic carbocycles. The van der Waals surface area contributed by atoms with Gasteiger partial charge in [0.25, 0.3) is 5.91 Å². The molecule has 28 heavy (non-hydrogen) atoms. The topological polar surface area (TPSA) is 79.8 Å². The van der Waals surface area contributed by atoms with Crippen LogP contribution in [-0.4, -0.2) is 24.1 Å². The number of hydrazone groups is 1. The van der Waals surface area contributed by atoms with Crippen LogP contribution in [0, 0.1) is 6.92 Å². The smallest absolute Gasteiger partial charge is 0.277 e. The molecule has 0 aromatic heterocycles. The number of amides is 2. The Morgan fingerprint density at radius 2 is 1.86 bits per heavy atom. The molecule has 0 spiro atoms. The average molecular weight is 467 g/mol. The van der Waals surface area contributed by atoms with Crippen molar-refractivity contribution in [2.45, 2.75) is 26.8 Å². The van der Waals surface area contributed by atoms with Gasteiger partial charge in [0, 0.05) is 17.3 Å². The summed E-state index contributed by atoms with van der Waals surface area (Å²) in [6.07, 6.45) is 0.0816. The molecule has 0 aliphatic heterocycles. The van der Waals surface area contributed by atoms with Crippen molar-refractivity contribution in [1.82, 2.24) is 10.7 Å². The number of benzene rings is 2. The molecule has 2 aromatic carbocycles. The highest BCUT2D eigenvalue weighted by molar-refractivity contribution is 9.10. The predicted octanol–water partition coefficient (Wildman–Crippen LogP) is 3.99. The molecule has 0 saturated carbocycles. The summed E-state index contributed by atoms with van der Waals surface area (Å²) in [7, 11) is 0. The summed E-state index contributed by atoms with van der Waals surface area (Å²) in [6, 6.07) is 12.8. The Bertz CT molecular complexity index is 869. The first-order valence-electron chi connectivity index (χ1n) is 8.55. The lowest BCUT2D eigenvalue weighted by Crippen LogP contribution is -2.28. The maximum absolute atomic E-state index is 12.0. The van der Waals surface area contributed by atoms with E-state index in [1.54, 1.807) is 25.1 Å². The number of nitrogens with zero attached hydrogens (tertiary/aromatic N) is 1. The molecule has 0 atom stereocenters. The van der Waals surface area contributed by atoms with Crippen LogP contribution in [0.3, 0.4) is 0 Å². The number of carbonyl (C=O) groups is 2. The zero-order valence-electron chi connectivity index (χ0n) is 15.6. The monoisotopic (exact) mass is 465 g/mol. The second kappa shape index (κ2) is 10.8. The highest BCUT2D eigenvalue weighted by Crippen LogP contribution is 2.25. The summed E-state index contributed by atoms with van der Waals surface area (Å²) < 4.78 is 6.22. The molecule has 0 unspecified atom stereocenters. The third kappa shape index (κ3) is 7.70. The van der Waals surface area contributed by atoms with Crippen molar-refractivity contribution in [3.8, 4) is 5.75 Å². The summed E-state index contributed by atoms with van der Waals surface area (Å²) in [5, 5.41) is 7.36. The average Bonchev–Trinajstić information content (AvgIpc) is 2.65. The van der Waals surface area contributed by atoms with Crippen LogP contribution < -0.4 is 15.5 Å². The molecule has 2 amide bonds. The third-order valence-corrected chi connectivity index (χ3v) is 4.51. The molecule has 0 fully saturated rings. The van der Waals surface area contributed by atoms with Gasteiger partial charge in [-0.05, 0) is 65.2 Å². The van der Waals surface area contributed by atoms with Crippen molar-refractivity contribution in [3.63, 3.8) is 0 Å². The van der Waals surface area contributed by atoms with E-state index in [-0.39, 0.29) is 18.9 Å². The van der Waals surface area contributed by atoms with E-state index in [0.29, 0.717) is 23.0 Å². The van der Waals surface area contributed by atoms with Gasteiger partial charge in [-0.2, -0.15) is 5.10 Å². The molecule has 2 N–H and O–H groups in total. The Hall–Kier alpha value is -2.38. The van der Waals surface area contributed by atoms with Gasteiger partial charge in [0.2, 0.25) is 5.91 Å². The maximum Gasteiger partial charge on any atom is 0.277 e. The van der Waals surface area contributed by atoms with Crippen molar-refractivity contribution in [2.75, 3.05) is 6.61 Å². The minimum Gasteiger partial charge on any atom is -0.483 e. The third-order valence-electron chi connectivity index (χ3n) is 3.64. The SMILES string of the molecule is CC(CC(=O)NCc1ccc(Cl)cc1)=NNC(=O)COc1ccc(C)cc1Br. The largest absolute Gasteiger partial charge is 0.483 e. The van der Waals surface area contributed by atoms with Gasteiger partial charge in [-0.3, -0.25) is 9.59 Å². The van der Waals surface area contributed by atoms with Gasteiger partial charge < -0.3 is 10.1 Å². The van der Waals surface area contributed by atoms with E-state index >= 15 is 0 Å². The van der Waals surface area contributed by atoms with Gasteiger partial charge >= 0.3 is 0 Å². The molecule has 0 heterocycles. The standard InChI is InChI=1S/C20H21BrClN3O3/c1-13-3-8-18(17(21)9-13)28-12-20(27)25-24-14(2)10-19(26)23-11-15-4-6-16(22)7-5-15/h3-9H,10-12H2,1-2H3,(H,23,26)(H,25,27). The molecule has 2 aromatic rings. The highest BCUT2D eigenvalue weighted by Gasteiger charge is 2.07. The van der Waals surface area contributed by atoms with E-state index in [4.69, 9.17) is 16.3 Å². The molecule has 8 heteroatoms. The van der Waals surface area contributed by atoms with Crippen LogP contribution in [0.5, 0.6) is 5.75 Å². The van der Waals surface area contributed by atoms with Crippen molar-refractivity contribution < 1.29 is 14.3 Å².